The first-order chi connectivity index (χ1) is 9.79. The summed E-state index contributed by atoms with van der Waals surface area (Å²) in [6.07, 6.45) is 0.0154. The Bertz CT molecular complexity index is 555. The molecule has 0 aromatic heterocycles. The normalized spacial score (nSPS) is 14.3. The van der Waals surface area contributed by atoms with Gasteiger partial charge in [0.25, 0.3) is 11.8 Å². The van der Waals surface area contributed by atoms with Crippen LogP contribution in [0.1, 0.15) is 41.0 Å². The van der Waals surface area contributed by atoms with Gasteiger partial charge in [-0.1, -0.05) is 12.1 Å². The second-order valence-electron chi connectivity index (χ2n) is 5.65. The molecule has 0 unspecified atom stereocenters. The fourth-order valence-electron chi connectivity index (χ4n) is 2.06. The highest BCUT2D eigenvalue weighted by Gasteiger charge is 2.34. The van der Waals surface area contributed by atoms with Crippen LogP contribution in [-0.4, -0.2) is 46.4 Å². The van der Waals surface area contributed by atoms with Gasteiger partial charge in [0, 0.05) is 19.5 Å². The standard InChI is InChI=1S/C15H18N2O4/c1-15(2,21)9-16-12(18)7-8-17-13(19)10-5-3-4-6-11(10)14(17)20/h3-6,21H,7-9H2,1-2H3,(H,16,18). The first-order valence-electron chi connectivity index (χ1n) is 6.74. The number of nitrogens with one attached hydrogen (secondary N) is 1. The molecule has 1 aliphatic heterocycles. The third-order valence-electron chi connectivity index (χ3n) is 3.16. The van der Waals surface area contributed by atoms with Crippen LogP contribution in [0.4, 0.5) is 0 Å². The van der Waals surface area contributed by atoms with E-state index in [4.69, 9.17) is 0 Å². The van der Waals surface area contributed by atoms with Gasteiger partial charge in [0.2, 0.25) is 5.91 Å². The minimum Gasteiger partial charge on any atom is -0.389 e. The molecule has 3 amide bonds. The number of hydrogen-bond acceptors (Lipinski definition) is 4. The topological polar surface area (TPSA) is 86.7 Å². The summed E-state index contributed by atoms with van der Waals surface area (Å²) in [4.78, 5) is 36.9. The molecular weight excluding hydrogens is 272 g/mol. The average molecular weight is 290 g/mol. The van der Waals surface area contributed by atoms with Crippen molar-refractivity contribution in [1.29, 1.82) is 0 Å². The molecule has 2 N–H and O–H groups in total. The van der Waals surface area contributed by atoms with Gasteiger partial charge in [-0.3, -0.25) is 19.3 Å². The van der Waals surface area contributed by atoms with E-state index in [1.165, 1.54) is 0 Å². The lowest BCUT2D eigenvalue weighted by Gasteiger charge is -2.18. The quantitative estimate of drug-likeness (QED) is 0.776. The minimum absolute atomic E-state index is 0.0154. The Kier molecular flexibility index (Phi) is 4.09. The second kappa shape index (κ2) is 5.65. The van der Waals surface area contributed by atoms with Gasteiger partial charge in [-0.2, -0.15) is 0 Å². The van der Waals surface area contributed by atoms with Crippen LogP contribution in [0.2, 0.25) is 0 Å². The molecule has 0 radical (unpaired) electrons. The van der Waals surface area contributed by atoms with Crippen LogP contribution in [0.3, 0.4) is 0 Å². The van der Waals surface area contributed by atoms with Gasteiger partial charge < -0.3 is 10.4 Å². The zero-order chi connectivity index (χ0) is 15.6. The van der Waals surface area contributed by atoms with E-state index in [1.807, 2.05) is 0 Å². The number of rotatable bonds is 5. The van der Waals surface area contributed by atoms with Gasteiger partial charge >= 0.3 is 0 Å². The molecule has 1 heterocycles. The molecule has 0 fully saturated rings. The maximum atomic E-state index is 12.1. The van der Waals surface area contributed by atoms with Crippen molar-refractivity contribution in [3.05, 3.63) is 35.4 Å². The van der Waals surface area contributed by atoms with Crippen molar-refractivity contribution in [2.75, 3.05) is 13.1 Å². The monoisotopic (exact) mass is 290 g/mol. The van der Waals surface area contributed by atoms with Crippen molar-refractivity contribution >= 4 is 17.7 Å². The number of imide groups is 1. The summed E-state index contributed by atoms with van der Waals surface area (Å²) in [5, 5.41) is 12.1. The van der Waals surface area contributed by atoms with E-state index in [0.717, 1.165) is 4.90 Å². The number of benzene rings is 1. The van der Waals surface area contributed by atoms with E-state index in [1.54, 1.807) is 38.1 Å². The van der Waals surface area contributed by atoms with Gasteiger partial charge in [0.1, 0.15) is 0 Å². The zero-order valence-electron chi connectivity index (χ0n) is 12.0. The van der Waals surface area contributed by atoms with Crippen LogP contribution in [0.25, 0.3) is 0 Å². The van der Waals surface area contributed by atoms with Gasteiger partial charge in [0.05, 0.1) is 16.7 Å². The highest BCUT2D eigenvalue weighted by Crippen LogP contribution is 2.22. The third kappa shape index (κ3) is 3.46. The molecule has 0 spiro atoms. The first kappa shape index (κ1) is 15.2. The second-order valence-corrected chi connectivity index (χ2v) is 5.65. The lowest BCUT2D eigenvalue weighted by Crippen LogP contribution is -2.40. The highest BCUT2D eigenvalue weighted by atomic mass is 16.3. The van der Waals surface area contributed by atoms with E-state index in [9.17, 15) is 19.5 Å². The van der Waals surface area contributed by atoms with Crippen molar-refractivity contribution < 1.29 is 19.5 Å². The smallest absolute Gasteiger partial charge is 0.261 e. The number of hydrogen-bond donors (Lipinski definition) is 2. The Morgan fingerprint density at radius 2 is 1.71 bits per heavy atom. The molecule has 0 bridgehead atoms. The van der Waals surface area contributed by atoms with Crippen molar-refractivity contribution in [3.63, 3.8) is 0 Å². The van der Waals surface area contributed by atoms with Crippen molar-refractivity contribution in [2.45, 2.75) is 25.9 Å². The van der Waals surface area contributed by atoms with Gasteiger partial charge in [-0.25, -0.2) is 0 Å². The SMILES string of the molecule is CC(C)(O)CNC(=O)CCN1C(=O)c2ccccc2C1=O. The van der Waals surface area contributed by atoms with Gasteiger partial charge in [-0.05, 0) is 26.0 Å². The van der Waals surface area contributed by atoms with Crippen LogP contribution >= 0.6 is 0 Å². The molecule has 1 aromatic carbocycles. The minimum atomic E-state index is -0.995. The fourth-order valence-corrected chi connectivity index (χ4v) is 2.06. The van der Waals surface area contributed by atoms with E-state index in [2.05, 4.69) is 5.32 Å². The summed E-state index contributed by atoms with van der Waals surface area (Å²) in [6.45, 7) is 3.31. The molecule has 1 aliphatic rings. The van der Waals surface area contributed by atoms with Crippen LogP contribution in [0.15, 0.2) is 24.3 Å². The van der Waals surface area contributed by atoms with E-state index in [-0.39, 0.29) is 37.2 Å². The summed E-state index contributed by atoms with van der Waals surface area (Å²) in [6, 6.07) is 6.60. The molecule has 1 aromatic rings. The predicted molar refractivity (Wildman–Crippen MR) is 75.7 cm³/mol. The third-order valence-corrected chi connectivity index (χ3v) is 3.16. The Hall–Kier alpha value is -2.21. The number of carbonyl (C=O) groups is 3. The molecule has 6 nitrogen and oxygen atoms in total. The fraction of sp³-hybridized carbons (Fsp3) is 0.400. The lowest BCUT2D eigenvalue weighted by molar-refractivity contribution is -0.122. The number of aliphatic hydroxyl groups is 1. The van der Waals surface area contributed by atoms with E-state index < -0.39 is 5.60 Å². The maximum absolute atomic E-state index is 12.1. The molecule has 112 valence electrons. The molecule has 0 saturated carbocycles. The van der Waals surface area contributed by atoms with Crippen molar-refractivity contribution in [1.82, 2.24) is 10.2 Å². The van der Waals surface area contributed by atoms with Crippen molar-refractivity contribution in [3.8, 4) is 0 Å². The summed E-state index contributed by atoms with van der Waals surface area (Å²) in [7, 11) is 0. The molecule has 0 saturated heterocycles. The van der Waals surface area contributed by atoms with Crippen molar-refractivity contribution in [2.24, 2.45) is 0 Å². The van der Waals surface area contributed by atoms with Gasteiger partial charge in [-0.15, -0.1) is 0 Å². The lowest BCUT2D eigenvalue weighted by atomic mass is 10.1. The number of amides is 3. The number of fused-ring (bicyclic) bond motifs is 1. The zero-order valence-corrected chi connectivity index (χ0v) is 12.0. The van der Waals surface area contributed by atoms with E-state index >= 15 is 0 Å². The summed E-state index contributed by atoms with van der Waals surface area (Å²) >= 11 is 0. The molecule has 2 rings (SSSR count). The molecule has 21 heavy (non-hydrogen) atoms. The molecule has 0 atom stereocenters. The predicted octanol–water partition coefficient (Wildman–Crippen LogP) is 0.560. The summed E-state index contributed by atoms with van der Waals surface area (Å²) < 4.78 is 0. The largest absolute Gasteiger partial charge is 0.389 e. The first-order valence-corrected chi connectivity index (χ1v) is 6.74. The van der Waals surface area contributed by atoms with Gasteiger partial charge in [0.15, 0.2) is 0 Å². The summed E-state index contributed by atoms with van der Waals surface area (Å²) in [5.74, 6) is -1.05. The van der Waals surface area contributed by atoms with Crippen LogP contribution in [0, 0.1) is 0 Å². The number of carbonyl (C=O) groups excluding carboxylic acids is 3. The Labute approximate surface area is 122 Å². The van der Waals surface area contributed by atoms with Crippen LogP contribution < -0.4 is 5.32 Å². The Balaban J connectivity index is 1.92. The Morgan fingerprint density at radius 1 is 1.19 bits per heavy atom. The molecule has 0 aliphatic carbocycles. The number of nitrogens with zero attached hydrogens (tertiary/aromatic N) is 1. The van der Waals surface area contributed by atoms with E-state index in [0.29, 0.717) is 11.1 Å². The molecular formula is C15H18N2O4. The maximum Gasteiger partial charge on any atom is 0.261 e. The molecule has 6 heteroatoms. The highest BCUT2D eigenvalue weighted by molar-refractivity contribution is 6.21. The van der Waals surface area contributed by atoms with Crippen LogP contribution in [-0.2, 0) is 4.79 Å². The Morgan fingerprint density at radius 3 is 2.19 bits per heavy atom. The van der Waals surface area contributed by atoms with Crippen LogP contribution in [0.5, 0.6) is 0 Å². The summed E-state index contributed by atoms with van der Waals surface area (Å²) in [5.41, 5.74) is -0.246. The average Bonchev–Trinajstić information content (AvgIpc) is 2.67.